The van der Waals surface area contributed by atoms with Gasteiger partial charge in [-0.25, -0.2) is 0 Å². The lowest BCUT2D eigenvalue weighted by atomic mass is 10.1. The Morgan fingerprint density at radius 3 is 2.76 bits per heavy atom. The number of carbonyl (C=O) groups excluding carboxylic acids is 2. The second-order valence-electron chi connectivity index (χ2n) is 3.33. The van der Waals surface area contributed by atoms with Crippen LogP contribution in [0.5, 0.6) is 11.5 Å². The Balaban J connectivity index is 2.72. The van der Waals surface area contributed by atoms with E-state index in [0.29, 0.717) is 0 Å². The van der Waals surface area contributed by atoms with Crippen molar-refractivity contribution in [1.82, 2.24) is 5.32 Å². The number of phenolic OH excluding ortho intramolecular Hbond substituents is 1. The van der Waals surface area contributed by atoms with E-state index in [4.69, 9.17) is 10.5 Å². The largest absolute Gasteiger partial charge is 0.504 e. The highest BCUT2D eigenvalue weighted by atomic mass is 16.5. The van der Waals surface area contributed by atoms with E-state index in [1.807, 2.05) is 0 Å². The van der Waals surface area contributed by atoms with Crippen LogP contribution in [0, 0.1) is 0 Å². The molecule has 1 rings (SSSR count). The average molecular weight is 238 g/mol. The molecule has 0 atom stereocenters. The molecule has 0 heterocycles. The Kier molecular flexibility index (Phi) is 4.33. The summed E-state index contributed by atoms with van der Waals surface area (Å²) in [5, 5.41) is 12.2. The monoisotopic (exact) mass is 238 g/mol. The number of carbonyl (C=O) groups is 2. The standard InChI is InChI=1S/C11H14N2O4/c1-17-8-4-2-3-7(10(8)15)11(16)13-6-5-9(12)14/h2-4,15H,5-6H2,1H3,(H2,12,14)(H,13,16). The van der Waals surface area contributed by atoms with E-state index in [-0.39, 0.29) is 30.0 Å². The minimum absolute atomic E-state index is 0.0521. The molecule has 0 saturated carbocycles. The average Bonchev–Trinajstić information content (AvgIpc) is 2.28. The summed E-state index contributed by atoms with van der Waals surface area (Å²) < 4.78 is 4.87. The normalized spacial score (nSPS) is 9.71. The van der Waals surface area contributed by atoms with Crippen LogP contribution in [0.1, 0.15) is 16.8 Å². The molecular weight excluding hydrogens is 224 g/mol. The molecule has 1 aromatic rings. The molecule has 6 heteroatoms. The molecule has 0 aliphatic rings. The van der Waals surface area contributed by atoms with Crippen LogP contribution >= 0.6 is 0 Å². The van der Waals surface area contributed by atoms with Crippen molar-refractivity contribution in [2.75, 3.05) is 13.7 Å². The van der Waals surface area contributed by atoms with Crippen molar-refractivity contribution in [3.63, 3.8) is 0 Å². The van der Waals surface area contributed by atoms with Gasteiger partial charge in [-0.3, -0.25) is 9.59 Å². The number of para-hydroxylation sites is 1. The molecule has 0 aliphatic heterocycles. The molecule has 6 nitrogen and oxygen atoms in total. The molecule has 0 aromatic heterocycles. The number of rotatable bonds is 5. The number of aromatic hydroxyl groups is 1. The van der Waals surface area contributed by atoms with Crippen molar-refractivity contribution in [2.45, 2.75) is 6.42 Å². The smallest absolute Gasteiger partial charge is 0.255 e. The van der Waals surface area contributed by atoms with E-state index in [9.17, 15) is 14.7 Å². The molecule has 1 aromatic carbocycles. The van der Waals surface area contributed by atoms with Crippen LogP contribution in [0.15, 0.2) is 18.2 Å². The van der Waals surface area contributed by atoms with Gasteiger partial charge in [0, 0.05) is 13.0 Å². The highest BCUT2D eigenvalue weighted by Crippen LogP contribution is 2.28. The Morgan fingerprint density at radius 1 is 1.47 bits per heavy atom. The number of nitrogens with one attached hydrogen (secondary N) is 1. The zero-order valence-electron chi connectivity index (χ0n) is 9.40. The number of nitrogens with two attached hydrogens (primary N) is 1. The summed E-state index contributed by atoms with van der Waals surface area (Å²) in [6.07, 6.45) is 0.0521. The first-order chi connectivity index (χ1) is 8.06. The first-order valence-electron chi connectivity index (χ1n) is 4.98. The van der Waals surface area contributed by atoms with Gasteiger partial charge in [-0.1, -0.05) is 6.07 Å². The Bertz CT molecular complexity index is 431. The van der Waals surface area contributed by atoms with Crippen LogP contribution in [-0.2, 0) is 4.79 Å². The Morgan fingerprint density at radius 2 is 2.18 bits per heavy atom. The first-order valence-corrected chi connectivity index (χ1v) is 4.98. The quantitative estimate of drug-likeness (QED) is 0.672. The lowest BCUT2D eigenvalue weighted by Crippen LogP contribution is -2.27. The van der Waals surface area contributed by atoms with Gasteiger partial charge in [0.25, 0.3) is 5.91 Å². The van der Waals surface area contributed by atoms with E-state index in [2.05, 4.69) is 5.32 Å². The SMILES string of the molecule is COc1cccc(C(=O)NCCC(N)=O)c1O. The molecule has 0 aliphatic carbocycles. The third kappa shape index (κ3) is 3.37. The number of primary amides is 1. The summed E-state index contributed by atoms with van der Waals surface area (Å²) >= 11 is 0. The van der Waals surface area contributed by atoms with Gasteiger partial charge in [0.2, 0.25) is 5.91 Å². The van der Waals surface area contributed by atoms with Gasteiger partial charge in [0.1, 0.15) is 0 Å². The Labute approximate surface area is 98.4 Å². The van der Waals surface area contributed by atoms with Crippen molar-refractivity contribution in [1.29, 1.82) is 0 Å². The maximum Gasteiger partial charge on any atom is 0.255 e. The highest BCUT2D eigenvalue weighted by Gasteiger charge is 2.14. The predicted octanol–water partition coefficient (Wildman–Crippen LogP) is 0.00600. The van der Waals surface area contributed by atoms with Crippen molar-refractivity contribution >= 4 is 11.8 Å². The summed E-state index contributed by atoms with van der Waals surface area (Å²) in [5.41, 5.74) is 5.02. The molecule has 4 N–H and O–H groups in total. The van der Waals surface area contributed by atoms with Crippen molar-refractivity contribution in [2.24, 2.45) is 5.73 Å². The number of hydrogen-bond donors (Lipinski definition) is 3. The van der Waals surface area contributed by atoms with Crippen LogP contribution in [0.25, 0.3) is 0 Å². The van der Waals surface area contributed by atoms with E-state index < -0.39 is 11.8 Å². The molecule has 0 bridgehead atoms. The van der Waals surface area contributed by atoms with Gasteiger partial charge in [-0.05, 0) is 12.1 Å². The molecule has 0 unspecified atom stereocenters. The summed E-state index contributed by atoms with van der Waals surface area (Å²) in [7, 11) is 1.39. The molecule has 17 heavy (non-hydrogen) atoms. The number of ether oxygens (including phenoxy) is 1. The summed E-state index contributed by atoms with van der Waals surface area (Å²) in [4.78, 5) is 22.1. The minimum Gasteiger partial charge on any atom is -0.504 e. The van der Waals surface area contributed by atoms with Crippen LogP contribution in [-0.4, -0.2) is 30.6 Å². The van der Waals surface area contributed by atoms with Crippen molar-refractivity contribution < 1.29 is 19.4 Å². The number of hydrogen-bond acceptors (Lipinski definition) is 4. The maximum atomic E-state index is 11.6. The number of amides is 2. The summed E-state index contributed by atoms with van der Waals surface area (Å²) in [5.74, 6) is -0.998. The van der Waals surface area contributed by atoms with Gasteiger partial charge in [0.15, 0.2) is 11.5 Å². The van der Waals surface area contributed by atoms with Gasteiger partial charge in [0.05, 0.1) is 12.7 Å². The second kappa shape index (κ2) is 5.74. The molecular formula is C11H14N2O4. The maximum absolute atomic E-state index is 11.6. The molecule has 92 valence electrons. The lowest BCUT2D eigenvalue weighted by Gasteiger charge is -2.08. The van der Waals surface area contributed by atoms with Gasteiger partial charge >= 0.3 is 0 Å². The van der Waals surface area contributed by atoms with E-state index in [1.54, 1.807) is 6.07 Å². The number of methoxy groups -OCH3 is 1. The van der Waals surface area contributed by atoms with Crippen LogP contribution in [0.2, 0.25) is 0 Å². The zero-order valence-corrected chi connectivity index (χ0v) is 9.40. The minimum atomic E-state index is -0.500. The summed E-state index contributed by atoms with van der Waals surface area (Å²) in [6, 6.07) is 4.58. The van der Waals surface area contributed by atoms with E-state index in [1.165, 1.54) is 19.2 Å². The van der Waals surface area contributed by atoms with E-state index >= 15 is 0 Å². The van der Waals surface area contributed by atoms with Crippen LogP contribution < -0.4 is 15.8 Å². The zero-order chi connectivity index (χ0) is 12.8. The Hall–Kier alpha value is -2.24. The lowest BCUT2D eigenvalue weighted by molar-refractivity contribution is -0.117. The predicted molar refractivity (Wildman–Crippen MR) is 60.8 cm³/mol. The van der Waals surface area contributed by atoms with Crippen molar-refractivity contribution in [3.8, 4) is 11.5 Å². The molecule has 2 amide bonds. The van der Waals surface area contributed by atoms with Gasteiger partial charge in [-0.2, -0.15) is 0 Å². The van der Waals surface area contributed by atoms with Gasteiger partial charge < -0.3 is 20.9 Å². The number of phenols is 1. The van der Waals surface area contributed by atoms with Gasteiger partial charge in [-0.15, -0.1) is 0 Å². The second-order valence-corrected chi connectivity index (χ2v) is 3.33. The fraction of sp³-hybridized carbons (Fsp3) is 0.273. The molecule has 0 spiro atoms. The molecule has 0 fully saturated rings. The topological polar surface area (TPSA) is 102 Å². The fourth-order valence-corrected chi connectivity index (χ4v) is 1.26. The van der Waals surface area contributed by atoms with Crippen molar-refractivity contribution in [3.05, 3.63) is 23.8 Å². The molecule has 0 saturated heterocycles. The fourth-order valence-electron chi connectivity index (χ4n) is 1.26. The number of benzene rings is 1. The third-order valence-corrected chi connectivity index (χ3v) is 2.12. The van der Waals surface area contributed by atoms with Crippen LogP contribution in [0.4, 0.5) is 0 Å². The molecule has 0 radical (unpaired) electrons. The highest BCUT2D eigenvalue weighted by molar-refractivity contribution is 5.97. The first kappa shape index (κ1) is 12.8. The van der Waals surface area contributed by atoms with Crippen LogP contribution in [0.3, 0.4) is 0 Å². The third-order valence-electron chi connectivity index (χ3n) is 2.12. The summed E-state index contributed by atoms with van der Waals surface area (Å²) in [6.45, 7) is 0.130. The van der Waals surface area contributed by atoms with E-state index in [0.717, 1.165) is 0 Å².